The van der Waals surface area contributed by atoms with Crippen molar-refractivity contribution in [3.63, 3.8) is 0 Å². The Bertz CT molecular complexity index is 309. The van der Waals surface area contributed by atoms with E-state index in [1.165, 1.54) is 13.1 Å². The Morgan fingerprint density at radius 3 is 2.85 bits per heavy atom. The molecular formula is C9H10N2O2. The molecule has 0 aliphatic carbocycles. The first-order chi connectivity index (χ1) is 6.20. The van der Waals surface area contributed by atoms with E-state index in [2.05, 4.69) is 10.3 Å². The Balaban J connectivity index is 2.54. The average molecular weight is 178 g/mol. The van der Waals surface area contributed by atoms with Crippen LogP contribution in [0.2, 0.25) is 0 Å². The molecule has 1 aromatic rings. The van der Waals surface area contributed by atoms with Crippen LogP contribution in [0.1, 0.15) is 17.3 Å². The van der Waals surface area contributed by atoms with E-state index in [0.29, 0.717) is 5.56 Å². The summed E-state index contributed by atoms with van der Waals surface area (Å²) in [4.78, 5) is 25.6. The zero-order valence-corrected chi connectivity index (χ0v) is 7.28. The number of Topliss-reactive ketones (excluding diaryl/α,β-unsaturated/α-hetero) is 1. The van der Waals surface area contributed by atoms with Crippen LogP contribution in [0.5, 0.6) is 0 Å². The fraction of sp³-hybridized carbons (Fsp3) is 0.222. The molecule has 0 aliphatic heterocycles. The highest BCUT2D eigenvalue weighted by atomic mass is 16.2. The lowest BCUT2D eigenvalue weighted by Gasteiger charge is -2.00. The highest BCUT2D eigenvalue weighted by Gasteiger charge is 2.04. The van der Waals surface area contributed by atoms with Gasteiger partial charge in [-0.15, -0.1) is 0 Å². The topological polar surface area (TPSA) is 59.1 Å². The number of hydrogen-bond donors (Lipinski definition) is 1. The normalized spacial score (nSPS) is 9.31. The summed E-state index contributed by atoms with van der Waals surface area (Å²) in [7, 11) is 0. The molecule has 0 saturated heterocycles. The number of rotatable bonds is 3. The van der Waals surface area contributed by atoms with Gasteiger partial charge in [0, 0.05) is 12.4 Å². The van der Waals surface area contributed by atoms with Gasteiger partial charge in [0.1, 0.15) is 5.78 Å². The van der Waals surface area contributed by atoms with Gasteiger partial charge in [-0.25, -0.2) is 0 Å². The van der Waals surface area contributed by atoms with E-state index in [-0.39, 0.29) is 18.2 Å². The van der Waals surface area contributed by atoms with Gasteiger partial charge in [0.2, 0.25) is 0 Å². The molecule has 1 rings (SSSR count). The summed E-state index contributed by atoms with van der Waals surface area (Å²) in [6.07, 6.45) is 3.04. The third-order valence-corrected chi connectivity index (χ3v) is 1.42. The van der Waals surface area contributed by atoms with Crippen LogP contribution in [0, 0.1) is 0 Å². The largest absolute Gasteiger partial charge is 0.345 e. The van der Waals surface area contributed by atoms with E-state index >= 15 is 0 Å². The van der Waals surface area contributed by atoms with Gasteiger partial charge in [-0.1, -0.05) is 0 Å². The zero-order chi connectivity index (χ0) is 9.68. The van der Waals surface area contributed by atoms with Gasteiger partial charge in [0.15, 0.2) is 0 Å². The van der Waals surface area contributed by atoms with Crippen LogP contribution in [0.15, 0.2) is 24.5 Å². The number of pyridine rings is 1. The van der Waals surface area contributed by atoms with E-state index in [0.717, 1.165) is 0 Å². The summed E-state index contributed by atoms with van der Waals surface area (Å²) >= 11 is 0. The number of hydrogen-bond acceptors (Lipinski definition) is 3. The molecule has 1 N–H and O–H groups in total. The minimum Gasteiger partial charge on any atom is -0.345 e. The van der Waals surface area contributed by atoms with Crippen LogP contribution in [0.4, 0.5) is 0 Å². The molecule has 68 valence electrons. The maximum atomic E-state index is 11.2. The maximum Gasteiger partial charge on any atom is 0.253 e. The summed E-state index contributed by atoms with van der Waals surface area (Å²) in [6, 6.07) is 3.31. The van der Waals surface area contributed by atoms with E-state index < -0.39 is 0 Å². The summed E-state index contributed by atoms with van der Waals surface area (Å²) in [5.74, 6) is -0.347. The Morgan fingerprint density at radius 2 is 2.31 bits per heavy atom. The highest BCUT2D eigenvalue weighted by molar-refractivity contribution is 5.96. The summed E-state index contributed by atoms with van der Waals surface area (Å²) < 4.78 is 0. The number of carbonyl (C=O) groups is 2. The second-order valence-corrected chi connectivity index (χ2v) is 2.63. The lowest BCUT2D eigenvalue weighted by atomic mass is 10.2. The van der Waals surface area contributed by atoms with Gasteiger partial charge in [-0.3, -0.25) is 14.6 Å². The zero-order valence-electron chi connectivity index (χ0n) is 7.28. The lowest BCUT2D eigenvalue weighted by Crippen LogP contribution is -2.28. The first-order valence-electron chi connectivity index (χ1n) is 3.88. The molecule has 0 bridgehead atoms. The van der Waals surface area contributed by atoms with Gasteiger partial charge in [-0.05, 0) is 19.1 Å². The Kier molecular flexibility index (Phi) is 3.14. The molecule has 13 heavy (non-hydrogen) atoms. The second kappa shape index (κ2) is 4.35. The van der Waals surface area contributed by atoms with Crippen molar-refractivity contribution in [3.8, 4) is 0 Å². The molecule has 1 aromatic heterocycles. The third kappa shape index (κ3) is 3.02. The fourth-order valence-corrected chi connectivity index (χ4v) is 0.804. The number of nitrogens with zero attached hydrogens (tertiary/aromatic N) is 1. The van der Waals surface area contributed by atoms with Gasteiger partial charge in [0.25, 0.3) is 5.91 Å². The van der Waals surface area contributed by atoms with Crippen molar-refractivity contribution in [2.24, 2.45) is 0 Å². The minimum absolute atomic E-state index is 0.0632. The average Bonchev–Trinajstić information content (AvgIpc) is 2.15. The van der Waals surface area contributed by atoms with Crippen molar-refractivity contribution in [1.29, 1.82) is 0 Å². The number of amides is 1. The van der Waals surface area contributed by atoms with Gasteiger partial charge in [0.05, 0.1) is 12.1 Å². The van der Waals surface area contributed by atoms with Gasteiger partial charge >= 0.3 is 0 Å². The van der Waals surface area contributed by atoms with Crippen molar-refractivity contribution >= 4 is 11.7 Å². The predicted molar refractivity (Wildman–Crippen MR) is 47.3 cm³/mol. The van der Waals surface area contributed by atoms with Crippen LogP contribution in [0.25, 0.3) is 0 Å². The van der Waals surface area contributed by atoms with Gasteiger partial charge in [-0.2, -0.15) is 0 Å². The Hall–Kier alpha value is -1.71. The van der Waals surface area contributed by atoms with Crippen LogP contribution < -0.4 is 5.32 Å². The molecule has 0 aromatic carbocycles. The predicted octanol–water partition coefficient (Wildman–Crippen LogP) is 0.400. The maximum absolute atomic E-state index is 11.2. The number of nitrogens with one attached hydrogen (secondary N) is 1. The summed E-state index contributed by atoms with van der Waals surface area (Å²) in [5, 5.41) is 2.47. The number of aromatic nitrogens is 1. The third-order valence-electron chi connectivity index (χ3n) is 1.42. The Morgan fingerprint density at radius 1 is 1.54 bits per heavy atom. The molecule has 1 heterocycles. The summed E-state index contributed by atoms with van der Waals surface area (Å²) in [5.41, 5.74) is 0.462. The van der Waals surface area contributed by atoms with E-state index in [1.807, 2.05) is 0 Å². The SMILES string of the molecule is CC(=O)CNC(=O)c1cccnc1. The molecule has 4 nitrogen and oxygen atoms in total. The minimum atomic E-state index is -0.275. The van der Waals surface area contributed by atoms with Crippen molar-refractivity contribution in [2.75, 3.05) is 6.54 Å². The summed E-state index contributed by atoms with van der Waals surface area (Å²) in [6.45, 7) is 1.48. The van der Waals surface area contributed by atoms with Crippen molar-refractivity contribution in [3.05, 3.63) is 30.1 Å². The van der Waals surface area contributed by atoms with Crippen LogP contribution in [-0.4, -0.2) is 23.2 Å². The fourth-order valence-electron chi connectivity index (χ4n) is 0.804. The standard InChI is InChI=1S/C9H10N2O2/c1-7(12)5-11-9(13)8-3-2-4-10-6-8/h2-4,6H,5H2,1H3,(H,11,13). The number of ketones is 1. The van der Waals surface area contributed by atoms with Crippen LogP contribution in [-0.2, 0) is 4.79 Å². The molecule has 0 radical (unpaired) electrons. The molecular weight excluding hydrogens is 168 g/mol. The Labute approximate surface area is 76.0 Å². The van der Waals surface area contributed by atoms with Crippen molar-refractivity contribution in [1.82, 2.24) is 10.3 Å². The first kappa shape index (κ1) is 9.38. The second-order valence-electron chi connectivity index (χ2n) is 2.63. The molecule has 0 fully saturated rings. The number of carbonyl (C=O) groups excluding carboxylic acids is 2. The van der Waals surface area contributed by atoms with Gasteiger partial charge < -0.3 is 5.32 Å². The van der Waals surface area contributed by atoms with E-state index in [4.69, 9.17) is 0 Å². The molecule has 1 amide bonds. The monoisotopic (exact) mass is 178 g/mol. The molecule has 0 spiro atoms. The molecule has 4 heteroatoms. The quantitative estimate of drug-likeness (QED) is 0.728. The van der Waals surface area contributed by atoms with Crippen molar-refractivity contribution < 1.29 is 9.59 Å². The van der Waals surface area contributed by atoms with E-state index in [9.17, 15) is 9.59 Å². The first-order valence-corrected chi connectivity index (χ1v) is 3.88. The molecule has 0 aliphatic rings. The van der Waals surface area contributed by atoms with Crippen LogP contribution in [0.3, 0.4) is 0 Å². The molecule has 0 saturated carbocycles. The van der Waals surface area contributed by atoms with Crippen molar-refractivity contribution in [2.45, 2.75) is 6.92 Å². The molecule has 0 atom stereocenters. The molecule has 0 unspecified atom stereocenters. The highest BCUT2D eigenvalue weighted by Crippen LogP contribution is 1.94. The van der Waals surface area contributed by atoms with Crippen LogP contribution >= 0.6 is 0 Å². The lowest BCUT2D eigenvalue weighted by molar-refractivity contribution is -0.116. The smallest absolute Gasteiger partial charge is 0.253 e. The van der Waals surface area contributed by atoms with E-state index in [1.54, 1.807) is 18.3 Å².